The van der Waals surface area contributed by atoms with Gasteiger partial charge in [-0.1, -0.05) is 78.1 Å². The Bertz CT molecular complexity index is 456. The molecule has 144 valence electrons. The molecular weight excluding hydrogens is 314 g/mol. The van der Waals surface area contributed by atoms with Crippen LogP contribution in [0.25, 0.3) is 0 Å². The zero-order chi connectivity index (χ0) is 18.7. The summed E-state index contributed by atoms with van der Waals surface area (Å²) in [5.74, 6) is 0.274. The summed E-state index contributed by atoms with van der Waals surface area (Å²) in [6.45, 7) is 4.70. The number of likely N-dealkylation sites (tertiary alicyclic amines) is 1. The summed E-state index contributed by atoms with van der Waals surface area (Å²) in [6.07, 6.45) is 14.1. The number of aliphatic hydroxyl groups excluding tert-OH is 1. The molecule has 1 atom stereocenters. The Labute approximate surface area is 153 Å². The third kappa shape index (κ3) is 8.06. The summed E-state index contributed by atoms with van der Waals surface area (Å²) in [7, 11) is 1.59. The molecule has 0 aliphatic carbocycles. The molecule has 1 N–H and O–H groups in total. The van der Waals surface area contributed by atoms with Crippen LogP contribution in [0.5, 0.6) is 0 Å². The van der Waals surface area contributed by atoms with E-state index in [1.54, 1.807) is 7.05 Å². The maximum Gasteiger partial charge on any atom is 0.261 e. The number of Topliss-reactive ketones (excluding diaryl/α,β-unsaturated/α-hetero) is 1. The third-order valence-corrected chi connectivity index (χ3v) is 5.32. The van der Waals surface area contributed by atoms with E-state index in [-0.39, 0.29) is 29.6 Å². The molecule has 0 radical (unpaired) electrons. The second kappa shape index (κ2) is 12.1. The predicted molar refractivity (Wildman–Crippen MR) is 103 cm³/mol. The molecular formula is C21H37NO3. The molecule has 1 fully saturated rings. The number of likely N-dealkylation sites (N-methyl/N-ethyl adjacent to an activating group) is 1. The zero-order valence-electron chi connectivity index (χ0n) is 16.5. The molecule has 1 aliphatic rings. The van der Waals surface area contributed by atoms with Crippen molar-refractivity contribution in [2.75, 3.05) is 13.6 Å². The molecule has 0 aromatic heterocycles. The number of amides is 1. The Morgan fingerprint density at radius 2 is 1.52 bits per heavy atom. The molecule has 1 aliphatic heterocycles. The van der Waals surface area contributed by atoms with Crippen LogP contribution in [0.1, 0.15) is 90.9 Å². The van der Waals surface area contributed by atoms with Gasteiger partial charge in [-0.05, 0) is 12.3 Å². The smallest absolute Gasteiger partial charge is 0.261 e. The fourth-order valence-corrected chi connectivity index (χ4v) is 3.31. The summed E-state index contributed by atoms with van der Waals surface area (Å²) < 4.78 is 0. The van der Waals surface area contributed by atoms with E-state index in [1.165, 1.54) is 56.3 Å². The van der Waals surface area contributed by atoms with Gasteiger partial charge in [0, 0.05) is 13.5 Å². The number of unbranched alkanes of at least 4 members (excludes halogenated alkanes) is 8. The largest absolute Gasteiger partial charge is 0.511 e. The van der Waals surface area contributed by atoms with Crippen molar-refractivity contribution in [1.29, 1.82) is 0 Å². The van der Waals surface area contributed by atoms with Crippen LogP contribution in [-0.2, 0) is 9.59 Å². The first-order valence-corrected chi connectivity index (χ1v) is 10.2. The minimum Gasteiger partial charge on any atom is -0.511 e. The average Bonchev–Trinajstić information content (AvgIpc) is 2.84. The van der Waals surface area contributed by atoms with Crippen molar-refractivity contribution in [3.63, 3.8) is 0 Å². The summed E-state index contributed by atoms with van der Waals surface area (Å²) in [6, 6.07) is 0. The van der Waals surface area contributed by atoms with Crippen LogP contribution in [0.2, 0.25) is 0 Å². The van der Waals surface area contributed by atoms with Crippen LogP contribution >= 0.6 is 0 Å². The molecule has 25 heavy (non-hydrogen) atoms. The van der Waals surface area contributed by atoms with Crippen LogP contribution in [0, 0.1) is 5.92 Å². The summed E-state index contributed by atoms with van der Waals surface area (Å²) in [4.78, 5) is 24.8. The van der Waals surface area contributed by atoms with Gasteiger partial charge in [-0.3, -0.25) is 9.59 Å². The van der Waals surface area contributed by atoms with E-state index in [4.69, 9.17) is 0 Å². The second-order valence-corrected chi connectivity index (χ2v) is 7.64. The van der Waals surface area contributed by atoms with Gasteiger partial charge in [-0.2, -0.15) is 0 Å². The van der Waals surface area contributed by atoms with E-state index >= 15 is 0 Å². The van der Waals surface area contributed by atoms with E-state index in [0.717, 1.165) is 25.2 Å². The van der Waals surface area contributed by atoms with Crippen molar-refractivity contribution in [1.82, 2.24) is 4.90 Å². The molecule has 0 saturated carbocycles. The Morgan fingerprint density at radius 3 is 2.00 bits per heavy atom. The molecule has 1 saturated heterocycles. The van der Waals surface area contributed by atoms with Gasteiger partial charge < -0.3 is 10.0 Å². The van der Waals surface area contributed by atoms with Gasteiger partial charge in [0.2, 0.25) is 0 Å². The first kappa shape index (κ1) is 21.7. The second-order valence-electron chi connectivity index (χ2n) is 7.64. The van der Waals surface area contributed by atoms with E-state index < -0.39 is 0 Å². The molecule has 0 bridgehead atoms. The summed E-state index contributed by atoms with van der Waals surface area (Å²) >= 11 is 0. The van der Waals surface area contributed by atoms with Crippen molar-refractivity contribution in [3.8, 4) is 0 Å². The average molecular weight is 352 g/mol. The molecule has 0 aromatic carbocycles. The molecule has 0 spiro atoms. The third-order valence-electron chi connectivity index (χ3n) is 5.32. The van der Waals surface area contributed by atoms with Crippen LogP contribution in [0.3, 0.4) is 0 Å². The Balaban J connectivity index is 2.00. The fraction of sp³-hybridized carbons (Fsp3) is 0.810. The van der Waals surface area contributed by atoms with Gasteiger partial charge in [-0.15, -0.1) is 0 Å². The van der Waals surface area contributed by atoms with Crippen molar-refractivity contribution in [3.05, 3.63) is 11.3 Å². The highest BCUT2D eigenvalue weighted by atomic mass is 16.3. The summed E-state index contributed by atoms with van der Waals surface area (Å²) in [5, 5.41) is 10.00. The lowest BCUT2D eigenvalue weighted by molar-refractivity contribution is -0.123. The van der Waals surface area contributed by atoms with E-state index in [1.807, 2.05) is 0 Å². The van der Waals surface area contributed by atoms with Gasteiger partial charge in [0.05, 0.1) is 6.54 Å². The number of hydrogen-bond donors (Lipinski definition) is 1. The zero-order valence-corrected chi connectivity index (χ0v) is 16.5. The number of rotatable bonds is 13. The number of carbonyl (C=O) groups excluding carboxylic acids is 2. The highest BCUT2D eigenvalue weighted by molar-refractivity contribution is 6.25. The summed E-state index contributed by atoms with van der Waals surface area (Å²) in [5.41, 5.74) is 0.0138. The predicted octanol–water partition coefficient (Wildman–Crippen LogP) is 5.18. The van der Waals surface area contributed by atoms with Crippen LogP contribution in [0.4, 0.5) is 0 Å². The lowest BCUT2D eigenvalue weighted by Gasteiger charge is -2.07. The number of hydrogen-bond acceptors (Lipinski definition) is 3. The van der Waals surface area contributed by atoms with Crippen molar-refractivity contribution < 1.29 is 14.7 Å². The number of nitrogens with zero attached hydrogens (tertiary/aromatic N) is 1. The monoisotopic (exact) mass is 351 g/mol. The maximum absolute atomic E-state index is 11.8. The van der Waals surface area contributed by atoms with Crippen LogP contribution < -0.4 is 0 Å². The fourth-order valence-electron chi connectivity index (χ4n) is 3.31. The highest BCUT2D eigenvalue weighted by Crippen LogP contribution is 2.20. The molecule has 4 heteroatoms. The van der Waals surface area contributed by atoms with E-state index in [9.17, 15) is 14.7 Å². The number of carbonyl (C=O) groups is 2. The van der Waals surface area contributed by atoms with Crippen LogP contribution in [-0.4, -0.2) is 35.3 Å². The highest BCUT2D eigenvalue weighted by Gasteiger charge is 2.33. The van der Waals surface area contributed by atoms with Crippen molar-refractivity contribution >= 4 is 11.7 Å². The normalized spacial score (nSPS) is 18.1. The molecule has 0 aromatic rings. The maximum atomic E-state index is 11.8. The topological polar surface area (TPSA) is 57.6 Å². The van der Waals surface area contributed by atoms with Gasteiger partial charge in [0.15, 0.2) is 5.78 Å². The number of allylic oxidation sites excluding steroid dienone is 1. The lowest BCUT2D eigenvalue weighted by Crippen LogP contribution is -2.19. The van der Waals surface area contributed by atoms with Gasteiger partial charge >= 0.3 is 0 Å². The standard InChI is InChI=1S/C21H37NO3/c1-4-17(2)14-12-10-8-6-5-7-9-11-13-15-18(23)20-19(24)16-22(3)21(20)25/h17,23H,4-16H2,1-3H3/b20-18-. The lowest BCUT2D eigenvalue weighted by atomic mass is 9.99. The minimum atomic E-state index is -0.337. The molecule has 4 nitrogen and oxygen atoms in total. The Kier molecular flexibility index (Phi) is 10.5. The number of aliphatic hydroxyl groups is 1. The minimum absolute atomic E-state index is 0.0133. The quantitative estimate of drug-likeness (QED) is 0.215. The van der Waals surface area contributed by atoms with Gasteiger partial charge in [-0.25, -0.2) is 0 Å². The molecule has 1 rings (SSSR count). The Morgan fingerprint density at radius 1 is 1.00 bits per heavy atom. The molecule has 1 amide bonds. The number of ketones is 1. The molecule has 1 heterocycles. The first-order chi connectivity index (χ1) is 12.0. The van der Waals surface area contributed by atoms with E-state index in [0.29, 0.717) is 6.42 Å². The first-order valence-electron chi connectivity index (χ1n) is 10.2. The van der Waals surface area contributed by atoms with Gasteiger partial charge in [0.1, 0.15) is 11.3 Å². The van der Waals surface area contributed by atoms with Gasteiger partial charge in [0.25, 0.3) is 5.91 Å². The van der Waals surface area contributed by atoms with Crippen LogP contribution in [0.15, 0.2) is 11.3 Å². The molecule has 1 unspecified atom stereocenters. The Hall–Kier alpha value is -1.32. The van der Waals surface area contributed by atoms with Crippen molar-refractivity contribution in [2.24, 2.45) is 5.92 Å². The van der Waals surface area contributed by atoms with E-state index in [2.05, 4.69) is 13.8 Å². The SMILES string of the molecule is CCC(C)CCCCCCCCCCC/C(O)=C1\C(=O)CN(C)C1=O. The van der Waals surface area contributed by atoms with Crippen molar-refractivity contribution in [2.45, 2.75) is 90.9 Å².